The Morgan fingerprint density at radius 1 is 1.21 bits per heavy atom. The second-order valence-electron chi connectivity index (χ2n) is 6.46. The zero-order valence-corrected chi connectivity index (χ0v) is 15.8. The quantitative estimate of drug-likeness (QED) is 0.805. The van der Waals surface area contributed by atoms with Crippen LogP contribution < -0.4 is 4.90 Å². The molecule has 0 radical (unpaired) electrons. The van der Waals surface area contributed by atoms with Crippen LogP contribution in [0.25, 0.3) is 0 Å². The first-order valence-corrected chi connectivity index (χ1v) is 10.9. The highest BCUT2D eigenvalue weighted by Crippen LogP contribution is 2.37. The summed E-state index contributed by atoms with van der Waals surface area (Å²) in [6, 6.07) is 5.25. The minimum Gasteiger partial charge on any atom is -0.311 e. The van der Waals surface area contributed by atoms with Crippen molar-refractivity contribution in [3.63, 3.8) is 0 Å². The molecule has 1 saturated heterocycles. The third kappa shape index (κ3) is 3.34. The van der Waals surface area contributed by atoms with E-state index < -0.39 is 10.0 Å². The summed E-state index contributed by atoms with van der Waals surface area (Å²) < 4.78 is 27.7. The number of nitrogens with zero attached hydrogens (tertiary/aromatic N) is 2. The number of hydrogen-bond acceptors (Lipinski definition) is 4. The molecule has 1 atom stereocenters. The van der Waals surface area contributed by atoms with Gasteiger partial charge in [-0.1, -0.05) is 6.42 Å². The number of amides is 1. The minimum atomic E-state index is -3.52. The molecular formula is C17H24N2O3S2. The number of sulfonamides is 1. The summed E-state index contributed by atoms with van der Waals surface area (Å²) in [6.45, 7) is 4.72. The lowest BCUT2D eigenvalue weighted by atomic mass is 10.1. The van der Waals surface area contributed by atoms with Gasteiger partial charge >= 0.3 is 0 Å². The van der Waals surface area contributed by atoms with E-state index >= 15 is 0 Å². The molecular weight excluding hydrogens is 344 g/mol. The maximum absolute atomic E-state index is 13.1. The molecule has 0 aliphatic carbocycles. The van der Waals surface area contributed by atoms with Crippen LogP contribution in [0.1, 0.15) is 39.5 Å². The first-order valence-electron chi connectivity index (χ1n) is 8.48. The first kappa shape index (κ1) is 17.8. The Morgan fingerprint density at radius 3 is 2.71 bits per heavy atom. The summed E-state index contributed by atoms with van der Waals surface area (Å²) in [5, 5.41) is 0. The Balaban J connectivity index is 2.02. The second-order valence-corrected chi connectivity index (χ2v) is 9.49. The normalized spacial score (nSPS) is 22.8. The summed E-state index contributed by atoms with van der Waals surface area (Å²) in [6.07, 6.45) is 3.79. The van der Waals surface area contributed by atoms with Gasteiger partial charge in [-0.2, -0.15) is 4.31 Å². The predicted octanol–water partition coefficient (Wildman–Crippen LogP) is 3.10. The number of benzene rings is 1. The highest BCUT2D eigenvalue weighted by Gasteiger charge is 2.32. The molecule has 0 bridgehead atoms. The molecule has 1 aromatic carbocycles. The zero-order chi connectivity index (χ0) is 17.3. The Morgan fingerprint density at radius 2 is 2.00 bits per heavy atom. The van der Waals surface area contributed by atoms with Crippen molar-refractivity contribution >= 4 is 33.4 Å². The summed E-state index contributed by atoms with van der Waals surface area (Å²) in [4.78, 5) is 15.0. The largest absolute Gasteiger partial charge is 0.311 e. The van der Waals surface area contributed by atoms with Crippen molar-refractivity contribution in [1.29, 1.82) is 0 Å². The second kappa shape index (κ2) is 7.06. The molecule has 0 aromatic heterocycles. The molecule has 0 N–H and O–H groups in total. The van der Waals surface area contributed by atoms with Crippen molar-refractivity contribution in [3.05, 3.63) is 18.2 Å². The third-order valence-electron chi connectivity index (χ3n) is 4.73. The lowest BCUT2D eigenvalue weighted by Crippen LogP contribution is -2.42. The molecule has 24 heavy (non-hydrogen) atoms. The minimum absolute atomic E-state index is 0.0286. The van der Waals surface area contributed by atoms with Gasteiger partial charge < -0.3 is 4.90 Å². The summed E-state index contributed by atoms with van der Waals surface area (Å²) >= 11 is 1.68. The number of carbonyl (C=O) groups excluding carboxylic acids is 1. The van der Waals surface area contributed by atoms with Crippen LogP contribution in [0, 0.1) is 0 Å². The van der Waals surface area contributed by atoms with Gasteiger partial charge in [0.1, 0.15) is 0 Å². The van der Waals surface area contributed by atoms with E-state index in [0.29, 0.717) is 18.0 Å². The van der Waals surface area contributed by atoms with Crippen LogP contribution in [-0.2, 0) is 14.8 Å². The average Bonchev–Trinajstić information content (AvgIpc) is 2.76. The monoisotopic (exact) mass is 368 g/mol. The fourth-order valence-electron chi connectivity index (χ4n) is 3.41. The first-order chi connectivity index (χ1) is 11.4. The van der Waals surface area contributed by atoms with Crippen molar-refractivity contribution in [2.24, 2.45) is 0 Å². The molecule has 1 aromatic rings. The van der Waals surface area contributed by atoms with Crippen LogP contribution >= 0.6 is 11.8 Å². The van der Waals surface area contributed by atoms with Crippen LogP contribution in [0.4, 0.5) is 5.69 Å². The van der Waals surface area contributed by atoms with E-state index in [1.165, 1.54) is 6.92 Å². The lowest BCUT2D eigenvalue weighted by molar-refractivity contribution is -0.116. The van der Waals surface area contributed by atoms with Gasteiger partial charge in [0.25, 0.3) is 0 Å². The van der Waals surface area contributed by atoms with Crippen LogP contribution in [0.2, 0.25) is 0 Å². The Labute approximate surface area is 148 Å². The molecule has 1 fully saturated rings. The van der Waals surface area contributed by atoms with Crippen molar-refractivity contribution in [1.82, 2.24) is 4.31 Å². The van der Waals surface area contributed by atoms with Crippen molar-refractivity contribution in [2.45, 2.75) is 55.4 Å². The topological polar surface area (TPSA) is 57.7 Å². The molecule has 1 unspecified atom stereocenters. The number of carbonyl (C=O) groups is 1. The van der Waals surface area contributed by atoms with Gasteiger partial charge in [0.05, 0.1) is 10.6 Å². The van der Waals surface area contributed by atoms with Gasteiger partial charge in [0.15, 0.2) is 0 Å². The van der Waals surface area contributed by atoms with Gasteiger partial charge in [-0.05, 0) is 50.1 Å². The van der Waals surface area contributed by atoms with Crippen LogP contribution in [0.5, 0.6) is 0 Å². The number of fused-ring (bicyclic) bond motifs is 1. The van der Waals surface area contributed by atoms with E-state index in [1.54, 1.807) is 33.1 Å². The maximum atomic E-state index is 13.1. The number of rotatable bonds is 2. The third-order valence-corrected chi connectivity index (χ3v) is 7.89. The van der Waals surface area contributed by atoms with E-state index in [4.69, 9.17) is 0 Å². The summed E-state index contributed by atoms with van der Waals surface area (Å²) in [5.41, 5.74) is 0.732. The number of piperidine rings is 1. The van der Waals surface area contributed by atoms with Gasteiger partial charge in [-0.15, -0.1) is 11.8 Å². The highest BCUT2D eigenvalue weighted by atomic mass is 32.2. The molecule has 2 heterocycles. The van der Waals surface area contributed by atoms with Gasteiger partial charge in [-0.3, -0.25) is 4.79 Å². The lowest BCUT2D eigenvalue weighted by Gasteiger charge is -2.32. The number of anilines is 1. The molecule has 7 heteroatoms. The molecule has 5 nitrogen and oxygen atoms in total. The summed E-state index contributed by atoms with van der Waals surface area (Å²) in [7, 11) is -3.52. The molecule has 0 spiro atoms. The van der Waals surface area contributed by atoms with Crippen LogP contribution in [0.15, 0.2) is 28.0 Å². The van der Waals surface area contributed by atoms with Crippen LogP contribution in [0.3, 0.4) is 0 Å². The van der Waals surface area contributed by atoms with E-state index in [-0.39, 0.29) is 11.9 Å². The Bertz CT molecular complexity index is 733. The van der Waals surface area contributed by atoms with E-state index in [9.17, 15) is 13.2 Å². The van der Waals surface area contributed by atoms with Gasteiger partial charge in [-0.25, -0.2) is 8.42 Å². The van der Waals surface area contributed by atoms with Crippen LogP contribution in [-0.4, -0.2) is 43.5 Å². The molecule has 3 rings (SSSR count). The maximum Gasteiger partial charge on any atom is 0.243 e. The Hall–Kier alpha value is -1.05. The molecule has 132 valence electrons. The molecule has 2 aliphatic heterocycles. The summed E-state index contributed by atoms with van der Waals surface area (Å²) in [5.74, 6) is 0.895. The van der Waals surface area contributed by atoms with Gasteiger partial charge in [0, 0.05) is 31.0 Å². The SMILES string of the molecule is CC(=O)N1CCCSc2ccc(S(=O)(=O)N3CCCCC3C)cc21. The fraction of sp³-hybridized carbons (Fsp3) is 0.588. The van der Waals surface area contributed by atoms with Gasteiger partial charge in [0.2, 0.25) is 15.9 Å². The van der Waals surface area contributed by atoms with Crippen molar-refractivity contribution in [3.8, 4) is 0 Å². The number of thioether (sulfide) groups is 1. The molecule has 0 saturated carbocycles. The predicted molar refractivity (Wildman–Crippen MR) is 97.0 cm³/mol. The van der Waals surface area contributed by atoms with Crippen molar-refractivity contribution < 1.29 is 13.2 Å². The fourth-order valence-corrected chi connectivity index (χ4v) is 6.10. The van der Waals surface area contributed by atoms with E-state index in [1.807, 2.05) is 13.0 Å². The average molecular weight is 369 g/mol. The smallest absolute Gasteiger partial charge is 0.243 e. The molecule has 2 aliphatic rings. The number of hydrogen-bond donors (Lipinski definition) is 0. The Kier molecular flexibility index (Phi) is 5.22. The highest BCUT2D eigenvalue weighted by molar-refractivity contribution is 7.99. The molecule has 1 amide bonds. The zero-order valence-electron chi connectivity index (χ0n) is 14.2. The van der Waals surface area contributed by atoms with Crippen molar-refractivity contribution in [2.75, 3.05) is 23.7 Å². The standard InChI is InChI=1S/C17H24N2O3S2/c1-13-6-3-4-10-19(13)24(21,22)15-7-8-17-16(12-15)18(14(2)20)9-5-11-23-17/h7-8,12-13H,3-6,9-11H2,1-2H3. The van der Waals surface area contributed by atoms with E-state index in [2.05, 4.69) is 0 Å². The van der Waals surface area contributed by atoms with E-state index in [0.717, 1.165) is 42.0 Å².